The molecule has 4 N–H and O–H groups in total. The smallest absolute Gasteiger partial charge is 0.418 e. The quantitative estimate of drug-likeness (QED) is 0.684. The van der Waals surface area contributed by atoms with Gasteiger partial charge in [-0.1, -0.05) is 36.1 Å². The molecule has 28 heavy (non-hydrogen) atoms. The van der Waals surface area contributed by atoms with Gasteiger partial charge in [0.1, 0.15) is 12.4 Å². The monoisotopic (exact) mass is 391 g/mol. The first kappa shape index (κ1) is 20.6. The van der Waals surface area contributed by atoms with Crippen molar-refractivity contribution < 1.29 is 27.5 Å². The molecule has 0 spiro atoms. The number of carbonyl (C=O) groups is 2. The Balaban J connectivity index is 1.83. The average Bonchev–Trinajstić information content (AvgIpc) is 2.64. The molecule has 0 atom stereocenters. The fourth-order valence-corrected chi connectivity index (χ4v) is 2.15. The molecule has 0 saturated carbocycles. The summed E-state index contributed by atoms with van der Waals surface area (Å²) in [6.07, 6.45) is -4.58. The van der Waals surface area contributed by atoms with E-state index in [0.29, 0.717) is 0 Å². The molecule has 6 nitrogen and oxygen atoms in total. The van der Waals surface area contributed by atoms with Crippen LogP contribution in [-0.2, 0) is 6.18 Å². The zero-order valence-corrected chi connectivity index (χ0v) is 14.5. The van der Waals surface area contributed by atoms with Gasteiger partial charge in [-0.3, -0.25) is 4.79 Å². The van der Waals surface area contributed by atoms with E-state index in [-0.39, 0.29) is 30.2 Å². The Morgan fingerprint density at radius 2 is 1.71 bits per heavy atom. The number of hydrogen-bond acceptors (Lipinski definition) is 3. The first-order valence-corrected chi connectivity index (χ1v) is 7.97. The van der Waals surface area contributed by atoms with Gasteiger partial charge in [0, 0.05) is 0 Å². The molecule has 0 aliphatic heterocycles. The highest BCUT2D eigenvalue weighted by atomic mass is 19.4. The predicted octanol–water partition coefficient (Wildman–Crippen LogP) is 3.01. The van der Waals surface area contributed by atoms with Gasteiger partial charge in [0.2, 0.25) is 0 Å². The van der Waals surface area contributed by atoms with Crippen LogP contribution in [0.3, 0.4) is 0 Å². The SMILES string of the molecule is NC(=O)c1ccccc1OCC#CCNC(=O)Nc1ccccc1C(F)(F)F. The maximum Gasteiger partial charge on any atom is 0.418 e. The first-order chi connectivity index (χ1) is 13.3. The minimum atomic E-state index is -4.58. The van der Waals surface area contributed by atoms with Crippen LogP contribution in [0.2, 0.25) is 0 Å². The molecule has 2 rings (SSSR count). The molecule has 0 saturated heterocycles. The van der Waals surface area contributed by atoms with Crippen molar-refractivity contribution in [1.29, 1.82) is 0 Å². The van der Waals surface area contributed by atoms with E-state index in [0.717, 1.165) is 12.1 Å². The molecule has 0 aromatic heterocycles. The Bertz CT molecular complexity index is 918. The Morgan fingerprint density at radius 3 is 2.43 bits per heavy atom. The van der Waals surface area contributed by atoms with Crippen LogP contribution >= 0.6 is 0 Å². The minimum absolute atomic E-state index is 0.0650. The van der Waals surface area contributed by atoms with Crippen molar-refractivity contribution in [2.45, 2.75) is 6.18 Å². The lowest BCUT2D eigenvalue weighted by Crippen LogP contribution is -2.30. The second-order valence-corrected chi connectivity index (χ2v) is 5.35. The number of benzene rings is 2. The molecule has 0 aliphatic rings. The van der Waals surface area contributed by atoms with Gasteiger partial charge in [0.15, 0.2) is 0 Å². The number of para-hydroxylation sites is 2. The summed E-state index contributed by atoms with van der Waals surface area (Å²) >= 11 is 0. The molecule has 0 radical (unpaired) electrons. The summed E-state index contributed by atoms with van der Waals surface area (Å²) < 4.78 is 43.9. The number of hydrogen-bond donors (Lipinski definition) is 3. The maximum absolute atomic E-state index is 12.9. The van der Waals surface area contributed by atoms with Crippen molar-refractivity contribution in [2.24, 2.45) is 5.73 Å². The van der Waals surface area contributed by atoms with Crippen molar-refractivity contribution in [3.63, 3.8) is 0 Å². The number of ether oxygens (including phenoxy) is 1. The summed E-state index contributed by atoms with van der Waals surface area (Å²) in [6, 6.07) is 10.2. The van der Waals surface area contributed by atoms with E-state index in [2.05, 4.69) is 22.5 Å². The maximum atomic E-state index is 12.9. The number of urea groups is 1. The van der Waals surface area contributed by atoms with Crippen LogP contribution in [0.5, 0.6) is 5.75 Å². The summed E-state index contributed by atoms with van der Waals surface area (Å²) in [4.78, 5) is 23.0. The molecule has 3 amide bonds. The van der Waals surface area contributed by atoms with Gasteiger partial charge in [-0.15, -0.1) is 0 Å². The molecule has 2 aromatic rings. The van der Waals surface area contributed by atoms with Gasteiger partial charge in [-0.25, -0.2) is 4.79 Å². The normalized spacial score (nSPS) is 10.4. The zero-order valence-electron chi connectivity index (χ0n) is 14.5. The number of anilines is 1. The van der Waals surface area contributed by atoms with E-state index < -0.39 is 23.7 Å². The minimum Gasteiger partial charge on any atom is -0.480 e. The fraction of sp³-hybridized carbons (Fsp3) is 0.158. The Kier molecular flexibility index (Phi) is 6.87. The van der Waals surface area contributed by atoms with Crippen molar-refractivity contribution >= 4 is 17.6 Å². The van der Waals surface area contributed by atoms with Crippen molar-refractivity contribution in [3.8, 4) is 17.6 Å². The highest BCUT2D eigenvalue weighted by Crippen LogP contribution is 2.34. The van der Waals surface area contributed by atoms with Crippen LogP contribution in [-0.4, -0.2) is 25.1 Å². The second kappa shape index (κ2) is 9.32. The molecule has 9 heteroatoms. The Morgan fingerprint density at radius 1 is 1.04 bits per heavy atom. The molecular formula is C19H16F3N3O3. The number of amides is 3. The summed E-state index contributed by atoms with van der Waals surface area (Å²) in [7, 11) is 0. The van der Waals surface area contributed by atoms with Crippen LogP contribution in [0.15, 0.2) is 48.5 Å². The summed E-state index contributed by atoms with van der Waals surface area (Å²) in [5.74, 6) is 4.83. The van der Waals surface area contributed by atoms with Gasteiger partial charge in [0.05, 0.1) is 23.4 Å². The van der Waals surface area contributed by atoms with Crippen LogP contribution in [0.4, 0.5) is 23.7 Å². The Labute approximate surface area is 158 Å². The molecular weight excluding hydrogens is 375 g/mol. The molecule has 0 aliphatic carbocycles. The topological polar surface area (TPSA) is 93.5 Å². The van der Waals surface area contributed by atoms with E-state index in [4.69, 9.17) is 10.5 Å². The van der Waals surface area contributed by atoms with Gasteiger partial charge in [0.25, 0.3) is 5.91 Å². The van der Waals surface area contributed by atoms with Crippen LogP contribution in [0.1, 0.15) is 15.9 Å². The highest BCUT2D eigenvalue weighted by Gasteiger charge is 2.33. The lowest BCUT2D eigenvalue weighted by atomic mass is 10.1. The van der Waals surface area contributed by atoms with Crippen molar-refractivity contribution in [3.05, 3.63) is 59.7 Å². The number of halogens is 3. The summed E-state index contributed by atoms with van der Waals surface area (Å²) in [6.45, 7) is -0.175. The number of primary amides is 1. The van der Waals surface area contributed by atoms with Gasteiger partial charge >= 0.3 is 12.2 Å². The first-order valence-electron chi connectivity index (χ1n) is 7.97. The number of rotatable bonds is 5. The Hall–Kier alpha value is -3.67. The molecule has 0 fully saturated rings. The van der Waals surface area contributed by atoms with Crippen LogP contribution in [0.25, 0.3) is 0 Å². The third kappa shape index (κ3) is 5.95. The van der Waals surface area contributed by atoms with Gasteiger partial charge < -0.3 is 21.1 Å². The fourth-order valence-electron chi connectivity index (χ4n) is 2.15. The van der Waals surface area contributed by atoms with Gasteiger partial charge in [-0.05, 0) is 24.3 Å². The molecule has 0 heterocycles. The van der Waals surface area contributed by atoms with Crippen LogP contribution in [0, 0.1) is 11.8 Å². The van der Waals surface area contributed by atoms with E-state index in [1.807, 2.05) is 0 Å². The third-order valence-corrected chi connectivity index (χ3v) is 3.40. The largest absolute Gasteiger partial charge is 0.480 e. The van der Waals surface area contributed by atoms with E-state index in [9.17, 15) is 22.8 Å². The predicted molar refractivity (Wildman–Crippen MR) is 96.7 cm³/mol. The average molecular weight is 391 g/mol. The standard InChI is InChI=1S/C19H16F3N3O3/c20-19(21,22)14-8-2-3-9-15(14)25-18(27)24-11-5-6-12-28-16-10-4-1-7-13(16)17(23)26/h1-4,7-10H,11-12H2,(H2,23,26)(H2,24,25,27). The number of carbonyl (C=O) groups excluding carboxylic acids is 2. The molecule has 2 aromatic carbocycles. The molecule has 146 valence electrons. The number of alkyl halides is 3. The highest BCUT2D eigenvalue weighted by molar-refractivity contribution is 5.95. The van der Waals surface area contributed by atoms with E-state index >= 15 is 0 Å². The van der Waals surface area contributed by atoms with Crippen LogP contribution < -0.4 is 21.1 Å². The van der Waals surface area contributed by atoms with Crippen molar-refractivity contribution in [1.82, 2.24) is 5.32 Å². The number of nitrogens with one attached hydrogen (secondary N) is 2. The number of nitrogens with two attached hydrogens (primary N) is 1. The zero-order chi connectivity index (χ0) is 20.6. The molecule has 0 unspecified atom stereocenters. The van der Waals surface area contributed by atoms with E-state index in [1.54, 1.807) is 18.2 Å². The third-order valence-electron chi connectivity index (χ3n) is 3.40. The van der Waals surface area contributed by atoms with Crippen molar-refractivity contribution in [2.75, 3.05) is 18.5 Å². The van der Waals surface area contributed by atoms with E-state index in [1.165, 1.54) is 18.2 Å². The molecule has 0 bridgehead atoms. The lowest BCUT2D eigenvalue weighted by Gasteiger charge is -2.13. The van der Waals surface area contributed by atoms with Gasteiger partial charge in [-0.2, -0.15) is 13.2 Å². The summed E-state index contributed by atoms with van der Waals surface area (Å²) in [5.41, 5.74) is 4.13. The summed E-state index contributed by atoms with van der Waals surface area (Å²) in [5, 5.41) is 4.45. The lowest BCUT2D eigenvalue weighted by molar-refractivity contribution is -0.136. The second-order valence-electron chi connectivity index (χ2n) is 5.35.